The fourth-order valence-corrected chi connectivity index (χ4v) is 4.46. The van der Waals surface area contributed by atoms with E-state index in [1.807, 2.05) is 6.92 Å². The molecule has 59 heavy (non-hydrogen) atoms. The average molecular weight is 884 g/mol. The van der Waals surface area contributed by atoms with Gasteiger partial charge < -0.3 is 48.4 Å². The summed E-state index contributed by atoms with van der Waals surface area (Å²) in [5.41, 5.74) is -1.99. The Balaban J connectivity index is 0.000000278. The van der Waals surface area contributed by atoms with Crippen molar-refractivity contribution in [1.82, 2.24) is 0 Å². The van der Waals surface area contributed by atoms with Crippen molar-refractivity contribution in [3.05, 3.63) is 114 Å². The fourth-order valence-electron chi connectivity index (χ4n) is 3.92. The molecule has 0 bridgehead atoms. The molecule has 0 saturated carbocycles. The number of phenols is 3. The molecule has 0 atom stereocenters. The molecule has 0 radical (unpaired) electrons. The lowest BCUT2D eigenvalue weighted by Crippen LogP contribution is -2.16. The van der Waals surface area contributed by atoms with Crippen LogP contribution in [0.25, 0.3) is 21.9 Å². The Labute approximate surface area is 350 Å². The Bertz CT molecular complexity index is 2410. The number of carbonyl (C=O) groups is 2. The summed E-state index contributed by atoms with van der Waals surface area (Å²) < 4.78 is 24.5. The van der Waals surface area contributed by atoms with Gasteiger partial charge in [0.1, 0.15) is 51.6 Å². The zero-order chi connectivity index (χ0) is 44.1. The molecule has 4 N–H and O–H groups in total. The molecule has 316 valence electrons. The highest BCUT2D eigenvalue weighted by Gasteiger charge is 2.16. The normalized spacial score (nSPS) is 10.3. The summed E-state index contributed by atoms with van der Waals surface area (Å²) >= 11 is 17.0. The molecule has 0 aliphatic heterocycles. The van der Waals surface area contributed by atoms with Gasteiger partial charge in [0.15, 0.2) is 6.11 Å². The van der Waals surface area contributed by atoms with E-state index in [0.29, 0.717) is 41.4 Å². The summed E-state index contributed by atoms with van der Waals surface area (Å²) in [5.74, 6) is 0.709. The first-order valence-corrected chi connectivity index (χ1v) is 18.0. The van der Waals surface area contributed by atoms with Gasteiger partial charge in [-0.2, -0.15) is 9.78 Å². The lowest BCUT2D eigenvalue weighted by atomic mass is 10.2. The smallest absolute Gasteiger partial charge is 0.351 e. The highest BCUT2D eigenvalue weighted by atomic mass is 35.5. The van der Waals surface area contributed by atoms with Gasteiger partial charge in [0.2, 0.25) is 0 Å². The molecule has 5 rings (SSSR count). The minimum atomic E-state index is -1.34. The van der Waals surface area contributed by atoms with E-state index in [2.05, 4.69) is 21.8 Å². The molecular formula is C39H37Cl3O17. The quantitative estimate of drug-likeness (QED) is 0.0187. The zero-order valence-corrected chi connectivity index (χ0v) is 34.1. The average Bonchev–Trinajstić information content (AvgIpc) is 3.19. The lowest BCUT2D eigenvalue weighted by molar-refractivity contribution is -0.255. The van der Waals surface area contributed by atoms with Gasteiger partial charge in [0.25, 0.3) is 5.76 Å². The Hall–Kier alpha value is -6.29. The van der Waals surface area contributed by atoms with Crippen LogP contribution in [0.2, 0.25) is 15.1 Å². The number of phenolic OH excluding ortho intramolecular Hbond substituents is 3. The predicted molar refractivity (Wildman–Crippen MR) is 214 cm³/mol. The molecule has 0 spiro atoms. The first-order valence-electron chi connectivity index (χ1n) is 16.9. The highest BCUT2D eigenvalue weighted by Crippen LogP contribution is 2.30. The highest BCUT2D eigenvalue weighted by molar-refractivity contribution is 6.33. The van der Waals surface area contributed by atoms with Gasteiger partial charge in [-0.1, -0.05) is 34.8 Å². The minimum absolute atomic E-state index is 0.0110. The number of hydrogen-bond donors (Lipinski definition) is 4. The summed E-state index contributed by atoms with van der Waals surface area (Å²) in [4.78, 5) is 63.7. The topological polar surface area (TPSA) is 240 Å². The SMILES string of the molecule is CCO/C=C(\C#COOCC)OOCC.CCOC(=O)c1cc2cc(Cl)c(O)cc2oc1=O.COc1cc2oc(=O)c(C(=O)O)cc2cc1Cl.Oc1ccc(Cl)c(O)c1. The number of allylic oxidation sites excluding steroid dienone is 1. The number of aromatic hydroxyl groups is 3. The molecule has 0 amide bonds. The van der Waals surface area contributed by atoms with Crippen LogP contribution in [0.3, 0.4) is 0 Å². The van der Waals surface area contributed by atoms with Crippen molar-refractivity contribution < 1.29 is 72.6 Å². The minimum Gasteiger partial charge on any atom is -0.508 e. The molecule has 5 aromatic rings. The van der Waals surface area contributed by atoms with Crippen molar-refractivity contribution in [2.75, 3.05) is 33.5 Å². The largest absolute Gasteiger partial charge is 0.508 e. The monoisotopic (exact) mass is 882 g/mol. The van der Waals surface area contributed by atoms with E-state index >= 15 is 0 Å². The fraction of sp³-hybridized carbons (Fsp3) is 0.231. The third-order valence-corrected chi connectivity index (χ3v) is 7.40. The Morgan fingerprint density at radius 3 is 1.88 bits per heavy atom. The van der Waals surface area contributed by atoms with Crippen molar-refractivity contribution in [2.24, 2.45) is 0 Å². The van der Waals surface area contributed by atoms with Gasteiger partial charge in [-0.25, -0.2) is 19.2 Å². The van der Waals surface area contributed by atoms with Crippen LogP contribution in [0.15, 0.2) is 85.0 Å². The summed E-state index contributed by atoms with van der Waals surface area (Å²) in [5, 5.41) is 37.2. The number of hydrogen-bond acceptors (Lipinski definition) is 16. The maximum atomic E-state index is 11.6. The number of halogens is 3. The van der Waals surface area contributed by atoms with Gasteiger partial charge >= 0.3 is 23.2 Å². The molecule has 0 fully saturated rings. The number of carboxylic acids is 1. The first kappa shape index (κ1) is 48.9. The molecule has 0 aliphatic carbocycles. The van der Waals surface area contributed by atoms with Crippen molar-refractivity contribution in [3.63, 3.8) is 0 Å². The zero-order valence-electron chi connectivity index (χ0n) is 31.8. The third-order valence-electron chi connectivity index (χ3n) is 6.48. The number of fused-ring (bicyclic) bond motifs is 2. The van der Waals surface area contributed by atoms with Crippen LogP contribution in [0.4, 0.5) is 0 Å². The summed E-state index contributed by atoms with van der Waals surface area (Å²) in [6.45, 7) is 8.58. The van der Waals surface area contributed by atoms with E-state index in [9.17, 15) is 24.3 Å². The number of rotatable bonds is 11. The maximum absolute atomic E-state index is 11.6. The number of carbonyl (C=O) groups excluding carboxylic acids is 1. The van der Waals surface area contributed by atoms with E-state index in [1.54, 1.807) is 20.8 Å². The number of benzene rings is 3. The molecule has 17 nitrogen and oxygen atoms in total. The summed E-state index contributed by atoms with van der Waals surface area (Å²) in [7, 11) is 1.43. The second-order valence-electron chi connectivity index (χ2n) is 10.6. The molecule has 2 aromatic heterocycles. The first-order chi connectivity index (χ1) is 28.1. The van der Waals surface area contributed by atoms with Crippen molar-refractivity contribution in [3.8, 4) is 35.0 Å². The van der Waals surface area contributed by atoms with Gasteiger partial charge in [0, 0.05) is 34.9 Å². The van der Waals surface area contributed by atoms with Crippen LogP contribution in [0.1, 0.15) is 48.4 Å². The van der Waals surface area contributed by atoms with Crippen LogP contribution in [0, 0.1) is 12.0 Å². The van der Waals surface area contributed by atoms with E-state index < -0.39 is 28.8 Å². The molecule has 0 saturated heterocycles. The summed E-state index contributed by atoms with van der Waals surface area (Å²) in [6, 6.07) is 12.1. The molecule has 0 aliphatic rings. The van der Waals surface area contributed by atoms with Crippen LogP contribution in [-0.2, 0) is 29.0 Å². The number of ether oxygens (including phenoxy) is 3. The van der Waals surface area contributed by atoms with Crippen LogP contribution >= 0.6 is 34.8 Å². The van der Waals surface area contributed by atoms with Crippen LogP contribution in [0.5, 0.6) is 23.0 Å². The number of methoxy groups -OCH3 is 1. The van der Waals surface area contributed by atoms with E-state index in [1.165, 1.54) is 68.0 Å². The van der Waals surface area contributed by atoms with E-state index in [-0.39, 0.29) is 56.4 Å². The van der Waals surface area contributed by atoms with E-state index in [0.717, 1.165) is 0 Å². The van der Waals surface area contributed by atoms with Crippen molar-refractivity contribution >= 4 is 68.7 Å². The van der Waals surface area contributed by atoms with Crippen molar-refractivity contribution in [1.29, 1.82) is 0 Å². The lowest BCUT2D eigenvalue weighted by Gasteiger charge is -2.04. The van der Waals surface area contributed by atoms with Gasteiger partial charge in [0.05, 0.1) is 48.6 Å². The predicted octanol–water partition coefficient (Wildman–Crippen LogP) is 7.99. The third kappa shape index (κ3) is 15.9. The molecule has 2 heterocycles. The van der Waals surface area contributed by atoms with E-state index in [4.69, 9.17) is 82.9 Å². The Kier molecular flexibility index (Phi) is 20.8. The van der Waals surface area contributed by atoms with Gasteiger partial charge in [-0.3, -0.25) is 4.89 Å². The second-order valence-corrected chi connectivity index (χ2v) is 11.8. The molecular weight excluding hydrogens is 847 g/mol. The Morgan fingerprint density at radius 1 is 0.729 bits per heavy atom. The molecule has 0 unspecified atom stereocenters. The number of esters is 1. The van der Waals surface area contributed by atoms with Gasteiger partial charge in [-0.05, 0) is 64.1 Å². The Morgan fingerprint density at radius 2 is 1.32 bits per heavy atom. The van der Waals surface area contributed by atoms with Crippen LogP contribution in [-0.4, -0.2) is 65.9 Å². The van der Waals surface area contributed by atoms with Gasteiger partial charge in [-0.15, -0.1) is 0 Å². The molecule has 3 aromatic carbocycles. The van der Waals surface area contributed by atoms with Crippen LogP contribution < -0.4 is 16.0 Å². The number of aromatic carboxylic acids is 1. The second kappa shape index (κ2) is 25.2. The standard InChI is InChI=1S/C12H9ClO5.C11H7ClO5.C10H16O5.C6H5ClO2/c1-2-17-11(15)7-3-6-4-8(13)9(14)5-10(6)18-12(7)16;1-16-9-4-8-5(3-7(9)12)2-6(10(13)14)11(15)17-8;1-4-11-9-10(15-13-6-3)7-8-14-12-5-2;7-5-2-1-4(8)3-6(5)9/h3-5,14H,2H2,1H3;2-4H,1H3,(H,13,14);9H,4-6H2,1-3H3;1-3,8-9H/b;;10-9+;. The molecule has 20 heteroatoms. The maximum Gasteiger partial charge on any atom is 0.351 e. The summed E-state index contributed by atoms with van der Waals surface area (Å²) in [6.07, 6.45) is 3.62. The van der Waals surface area contributed by atoms with Crippen molar-refractivity contribution in [2.45, 2.75) is 27.7 Å². The number of carboxylic acid groups (broad SMARTS) is 1.